The van der Waals surface area contributed by atoms with Crippen molar-refractivity contribution in [2.24, 2.45) is 4.99 Å². The van der Waals surface area contributed by atoms with E-state index in [4.69, 9.17) is 9.47 Å². The van der Waals surface area contributed by atoms with Gasteiger partial charge in [0.1, 0.15) is 6.10 Å². The highest BCUT2D eigenvalue weighted by Gasteiger charge is 2.32. The summed E-state index contributed by atoms with van der Waals surface area (Å²) in [7, 11) is 0. The molecule has 0 aromatic heterocycles. The molecule has 0 saturated heterocycles. The Hall–Kier alpha value is -1.06. The molecule has 1 heterocycles. The molecule has 13 heavy (non-hydrogen) atoms. The van der Waals surface area contributed by atoms with Crippen LogP contribution in [0, 0.1) is 0 Å². The number of hydrogen-bond acceptors (Lipinski definition) is 4. The number of rotatable bonds is 4. The van der Waals surface area contributed by atoms with Crippen LogP contribution in [0.1, 0.15) is 26.7 Å². The lowest BCUT2D eigenvalue weighted by molar-refractivity contribution is -0.146. The lowest BCUT2D eigenvalue weighted by Gasteiger charge is -2.14. The lowest BCUT2D eigenvalue weighted by Crippen LogP contribution is -2.31. The average Bonchev–Trinajstić information content (AvgIpc) is 2.54. The highest BCUT2D eigenvalue weighted by Crippen LogP contribution is 2.16. The van der Waals surface area contributed by atoms with Crippen LogP contribution in [-0.2, 0) is 14.3 Å². The van der Waals surface area contributed by atoms with Crippen molar-refractivity contribution in [3.63, 3.8) is 0 Å². The van der Waals surface area contributed by atoms with E-state index in [0.29, 0.717) is 6.61 Å². The first-order valence-corrected chi connectivity index (χ1v) is 4.63. The van der Waals surface area contributed by atoms with Gasteiger partial charge in [-0.25, -0.2) is 9.79 Å². The largest absolute Gasteiger partial charge is 0.477 e. The molecule has 0 saturated carbocycles. The van der Waals surface area contributed by atoms with Gasteiger partial charge < -0.3 is 9.47 Å². The predicted octanol–water partition coefficient (Wildman–Crippen LogP) is 1.15. The lowest BCUT2D eigenvalue weighted by atomic mass is 10.1. The van der Waals surface area contributed by atoms with Crippen LogP contribution >= 0.6 is 0 Å². The summed E-state index contributed by atoms with van der Waals surface area (Å²) >= 11 is 0. The molecule has 0 spiro atoms. The molecule has 0 fully saturated rings. The van der Waals surface area contributed by atoms with E-state index in [0.717, 1.165) is 12.8 Å². The van der Waals surface area contributed by atoms with Crippen LogP contribution in [0.4, 0.5) is 0 Å². The van der Waals surface area contributed by atoms with Gasteiger partial charge in [0.2, 0.25) is 0 Å². The summed E-state index contributed by atoms with van der Waals surface area (Å²) in [6.07, 6.45) is 3.04. The molecule has 2 unspecified atom stereocenters. The first-order chi connectivity index (χ1) is 6.29. The number of carbonyl (C=O) groups is 1. The Morgan fingerprint density at radius 3 is 3.00 bits per heavy atom. The van der Waals surface area contributed by atoms with Crippen LogP contribution in [0.3, 0.4) is 0 Å². The van der Waals surface area contributed by atoms with Crippen molar-refractivity contribution < 1.29 is 14.3 Å². The minimum Gasteiger partial charge on any atom is -0.477 e. The molecule has 1 rings (SSSR count). The summed E-state index contributed by atoms with van der Waals surface area (Å²) in [5.74, 6) is -0.283. The second-order valence-electron chi connectivity index (χ2n) is 2.91. The van der Waals surface area contributed by atoms with Gasteiger partial charge in [0.05, 0.1) is 6.61 Å². The molecule has 74 valence electrons. The van der Waals surface area contributed by atoms with E-state index < -0.39 is 6.04 Å². The third-order valence-corrected chi connectivity index (χ3v) is 1.91. The van der Waals surface area contributed by atoms with Gasteiger partial charge in [0.15, 0.2) is 12.4 Å². The van der Waals surface area contributed by atoms with Crippen molar-refractivity contribution in [3.05, 3.63) is 0 Å². The van der Waals surface area contributed by atoms with Gasteiger partial charge >= 0.3 is 5.97 Å². The fourth-order valence-electron chi connectivity index (χ4n) is 1.30. The SMILES string of the molecule is CCCC1OC=NC1C(=O)OCC. The van der Waals surface area contributed by atoms with Crippen LogP contribution in [0.5, 0.6) is 0 Å². The van der Waals surface area contributed by atoms with E-state index in [1.54, 1.807) is 6.92 Å². The van der Waals surface area contributed by atoms with Crippen LogP contribution in [-0.4, -0.2) is 31.1 Å². The van der Waals surface area contributed by atoms with Gasteiger partial charge in [-0.15, -0.1) is 0 Å². The Kier molecular flexibility index (Phi) is 3.73. The van der Waals surface area contributed by atoms with Crippen molar-refractivity contribution in [1.29, 1.82) is 0 Å². The van der Waals surface area contributed by atoms with Crippen LogP contribution < -0.4 is 0 Å². The first-order valence-electron chi connectivity index (χ1n) is 4.63. The average molecular weight is 185 g/mol. The number of nitrogens with zero attached hydrogens (tertiary/aromatic N) is 1. The molecule has 2 atom stereocenters. The van der Waals surface area contributed by atoms with Crippen LogP contribution in [0.15, 0.2) is 4.99 Å². The quantitative estimate of drug-likeness (QED) is 0.617. The molecule has 4 heteroatoms. The van der Waals surface area contributed by atoms with E-state index in [1.165, 1.54) is 6.40 Å². The molecule has 0 aliphatic carbocycles. The van der Waals surface area contributed by atoms with E-state index in [2.05, 4.69) is 4.99 Å². The third kappa shape index (κ3) is 2.44. The van der Waals surface area contributed by atoms with Gasteiger partial charge in [0, 0.05) is 0 Å². The van der Waals surface area contributed by atoms with E-state index in [-0.39, 0.29) is 12.1 Å². The fraction of sp³-hybridized carbons (Fsp3) is 0.778. The molecule has 0 radical (unpaired) electrons. The molecule has 0 amide bonds. The van der Waals surface area contributed by atoms with Crippen molar-refractivity contribution in [2.45, 2.75) is 38.8 Å². The first kappa shape index (κ1) is 10.0. The number of esters is 1. The van der Waals surface area contributed by atoms with E-state index in [1.807, 2.05) is 6.92 Å². The minimum absolute atomic E-state index is 0.121. The number of ether oxygens (including phenoxy) is 2. The molecular weight excluding hydrogens is 170 g/mol. The second kappa shape index (κ2) is 4.84. The normalized spacial score (nSPS) is 25.7. The smallest absolute Gasteiger partial charge is 0.334 e. The zero-order valence-electron chi connectivity index (χ0n) is 8.03. The zero-order valence-corrected chi connectivity index (χ0v) is 8.03. The Morgan fingerprint density at radius 1 is 1.62 bits per heavy atom. The number of aliphatic imine (C=N–C) groups is 1. The molecule has 0 N–H and O–H groups in total. The van der Waals surface area contributed by atoms with E-state index in [9.17, 15) is 4.79 Å². The fourth-order valence-corrected chi connectivity index (χ4v) is 1.30. The van der Waals surface area contributed by atoms with Crippen LogP contribution in [0.2, 0.25) is 0 Å². The summed E-state index contributed by atoms with van der Waals surface area (Å²) in [6.45, 7) is 4.22. The summed E-state index contributed by atoms with van der Waals surface area (Å²) in [4.78, 5) is 15.2. The van der Waals surface area contributed by atoms with Crippen molar-refractivity contribution in [1.82, 2.24) is 0 Å². The molecule has 0 aromatic rings. The Bertz CT molecular complexity index is 203. The van der Waals surface area contributed by atoms with Gasteiger partial charge in [-0.05, 0) is 13.3 Å². The summed E-state index contributed by atoms with van der Waals surface area (Å²) in [5.41, 5.74) is 0. The maximum Gasteiger partial charge on any atom is 0.334 e. The predicted molar refractivity (Wildman–Crippen MR) is 48.7 cm³/mol. The van der Waals surface area contributed by atoms with Crippen molar-refractivity contribution in [3.8, 4) is 0 Å². The summed E-state index contributed by atoms with van der Waals surface area (Å²) in [5, 5.41) is 0. The number of hydrogen-bond donors (Lipinski definition) is 0. The zero-order chi connectivity index (χ0) is 9.68. The Labute approximate surface area is 77.9 Å². The van der Waals surface area contributed by atoms with Crippen molar-refractivity contribution in [2.75, 3.05) is 6.61 Å². The standard InChI is InChI=1S/C9H15NO3/c1-3-5-7-8(10-6-13-7)9(11)12-4-2/h6-8H,3-5H2,1-2H3. The maximum atomic E-state index is 11.3. The molecular formula is C9H15NO3. The molecule has 4 nitrogen and oxygen atoms in total. The number of carbonyl (C=O) groups excluding carboxylic acids is 1. The molecule has 0 bridgehead atoms. The third-order valence-electron chi connectivity index (χ3n) is 1.91. The second-order valence-corrected chi connectivity index (χ2v) is 2.91. The highest BCUT2D eigenvalue weighted by molar-refractivity contribution is 5.79. The van der Waals surface area contributed by atoms with Gasteiger partial charge in [0.25, 0.3) is 0 Å². The Morgan fingerprint density at radius 2 is 2.38 bits per heavy atom. The monoisotopic (exact) mass is 185 g/mol. The van der Waals surface area contributed by atoms with E-state index >= 15 is 0 Å². The topological polar surface area (TPSA) is 47.9 Å². The molecule has 1 aliphatic heterocycles. The maximum absolute atomic E-state index is 11.3. The molecule has 0 aromatic carbocycles. The van der Waals surface area contributed by atoms with Gasteiger partial charge in [-0.3, -0.25) is 0 Å². The molecule has 1 aliphatic rings. The van der Waals surface area contributed by atoms with Crippen LogP contribution in [0.25, 0.3) is 0 Å². The van der Waals surface area contributed by atoms with Gasteiger partial charge in [-0.2, -0.15) is 0 Å². The van der Waals surface area contributed by atoms with Crippen molar-refractivity contribution >= 4 is 12.4 Å². The minimum atomic E-state index is -0.445. The van der Waals surface area contributed by atoms with Gasteiger partial charge in [-0.1, -0.05) is 13.3 Å². The highest BCUT2D eigenvalue weighted by atomic mass is 16.5. The Balaban J connectivity index is 2.46. The summed E-state index contributed by atoms with van der Waals surface area (Å²) in [6, 6.07) is -0.445. The summed E-state index contributed by atoms with van der Waals surface area (Å²) < 4.78 is 10.1.